The number of hydrogen-bond acceptors (Lipinski definition) is 0. The largest absolute Gasteiger partial charge is 0.248 e. The van der Waals surface area contributed by atoms with E-state index in [4.69, 9.17) is 0 Å². The molecule has 0 aliphatic rings. The monoisotopic (exact) mass is 248 g/mol. The fraction of sp³-hybridized carbons (Fsp3) is 0.200. The molecular weight excluding hydrogens is 227 g/mol. The Morgan fingerprint density at radius 3 is 1.18 bits per heavy atom. The number of alkyl halides is 1. The Morgan fingerprint density at radius 2 is 0.941 bits per heavy atom. The van der Waals surface area contributed by atoms with Crippen LogP contribution in [0.3, 0.4) is 0 Å². The van der Waals surface area contributed by atoms with Gasteiger partial charge in [0.1, 0.15) is 0 Å². The number of hydrogen-bond donors (Lipinski definition) is 0. The lowest BCUT2D eigenvalue weighted by Gasteiger charge is -1.98. The standard InChI is InChI=1S/C12H10.C3H7F.H4Si/c1-3-7-11(8-4-1)12-9-5-2-6-10-12;1-3(2)4;/h1-10H;3H,1-2H3;1H4. The zero-order valence-electron chi connectivity index (χ0n) is 9.73. The molecular formula is C15H21FSi. The molecule has 2 aromatic carbocycles. The molecule has 2 rings (SSSR count). The van der Waals surface area contributed by atoms with Crippen molar-refractivity contribution in [1.82, 2.24) is 0 Å². The smallest absolute Gasteiger partial charge is 0.0945 e. The quantitative estimate of drug-likeness (QED) is 0.680. The van der Waals surface area contributed by atoms with Gasteiger partial charge in [-0.05, 0) is 35.9 Å². The molecule has 17 heavy (non-hydrogen) atoms. The molecule has 0 amide bonds. The Morgan fingerprint density at radius 1 is 0.706 bits per heavy atom. The van der Waals surface area contributed by atoms with Crippen LogP contribution in [0.5, 0.6) is 0 Å². The highest BCUT2D eigenvalue weighted by molar-refractivity contribution is 5.75. The van der Waals surface area contributed by atoms with Crippen molar-refractivity contribution >= 4 is 11.0 Å². The first-order valence-electron chi connectivity index (χ1n) is 5.44. The summed E-state index contributed by atoms with van der Waals surface area (Å²) in [5.41, 5.74) is 2.55. The molecule has 0 nitrogen and oxygen atoms in total. The average Bonchev–Trinajstić information content (AvgIpc) is 2.31. The van der Waals surface area contributed by atoms with Crippen LogP contribution in [-0.4, -0.2) is 17.1 Å². The minimum absolute atomic E-state index is 0. The molecule has 2 aromatic rings. The molecule has 0 N–H and O–H groups in total. The molecule has 0 aliphatic carbocycles. The Balaban J connectivity index is 0.000000453. The lowest BCUT2D eigenvalue weighted by molar-refractivity contribution is 0.391. The molecule has 0 heterocycles. The van der Waals surface area contributed by atoms with E-state index >= 15 is 0 Å². The van der Waals surface area contributed by atoms with Crippen molar-refractivity contribution in [1.29, 1.82) is 0 Å². The Labute approximate surface area is 108 Å². The Bertz CT molecular complexity index is 344. The van der Waals surface area contributed by atoms with Gasteiger partial charge in [-0.15, -0.1) is 0 Å². The summed E-state index contributed by atoms with van der Waals surface area (Å²) in [6, 6.07) is 20.8. The maximum atomic E-state index is 11.0. The molecule has 0 saturated heterocycles. The van der Waals surface area contributed by atoms with Gasteiger partial charge < -0.3 is 0 Å². The van der Waals surface area contributed by atoms with Gasteiger partial charge in [0.2, 0.25) is 0 Å². The van der Waals surface area contributed by atoms with E-state index in [1.165, 1.54) is 25.0 Å². The first-order chi connectivity index (χ1) is 7.70. The third kappa shape index (κ3) is 6.69. The predicted molar refractivity (Wildman–Crippen MR) is 79.5 cm³/mol. The van der Waals surface area contributed by atoms with Crippen LogP contribution in [0.2, 0.25) is 0 Å². The normalized spacial score (nSPS) is 8.94. The van der Waals surface area contributed by atoms with Gasteiger partial charge in [-0.25, -0.2) is 4.39 Å². The first-order valence-corrected chi connectivity index (χ1v) is 5.44. The van der Waals surface area contributed by atoms with E-state index < -0.39 is 6.17 Å². The van der Waals surface area contributed by atoms with E-state index in [-0.39, 0.29) is 11.0 Å². The third-order valence-corrected chi connectivity index (χ3v) is 1.88. The van der Waals surface area contributed by atoms with E-state index in [2.05, 4.69) is 48.5 Å². The van der Waals surface area contributed by atoms with Crippen molar-refractivity contribution in [3.05, 3.63) is 60.7 Å². The SMILES string of the molecule is CC(C)F.[SiH4].c1ccc(-c2ccccc2)cc1. The second kappa shape index (κ2) is 8.71. The van der Waals surface area contributed by atoms with Crippen molar-refractivity contribution in [2.24, 2.45) is 0 Å². The maximum Gasteiger partial charge on any atom is 0.0945 e. The summed E-state index contributed by atoms with van der Waals surface area (Å²) < 4.78 is 11.0. The summed E-state index contributed by atoms with van der Waals surface area (Å²) in [6.07, 6.45) is -0.667. The highest BCUT2D eigenvalue weighted by atomic mass is 28.1. The summed E-state index contributed by atoms with van der Waals surface area (Å²) in [5, 5.41) is 0. The molecule has 0 spiro atoms. The lowest BCUT2D eigenvalue weighted by Crippen LogP contribution is -1.73. The van der Waals surface area contributed by atoms with Gasteiger partial charge in [-0.2, -0.15) is 0 Å². The molecule has 0 aromatic heterocycles. The van der Waals surface area contributed by atoms with E-state index in [1.54, 1.807) is 0 Å². The predicted octanol–water partition coefficient (Wildman–Crippen LogP) is 3.27. The highest BCUT2D eigenvalue weighted by Crippen LogP contribution is 2.17. The van der Waals surface area contributed by atoms with Crippen molar-refractivity contribution in [2.45, 2.75) is 20.0 Å². The topological polar surface area (TPSA) is 0 Å². The van der Waals surface area contributed by atoms with Crippen molar-refractivity contribution in [2.75, 3.05) is 0 Å². The van der Waals surface area contributed by atoms with Gasteiger partial charge in [-0.1, -0.05) is 60.7 Å². The number of benzene rings is 2. The molecule has 0 fully saturated rings. The third-order valence-electron chi connectivity index (χ3n) is 1.88. The molecule has 0 bridgehead atoms. The fourth-order valence-corrected chi connectivity index (χ4v) is 1.26. The van der Waals surface area contributed by atoms with Crippen LogP contribution in [0.4, 0.5) is 4.39 Å². The van der Waals surface area contributed by atoms with Crippen LogP contribution in [0, 0.1) is 0 Å². The van der Waals surface area contributed by atoms with E-state index in [1.807, 2.05) is 12.1 Å². The molecule has 2 heteroatoms. The summed E-state index contributed by atoms with van der Waals surface area (Å²) >= 11 is 0. The van der Waals surface area contributed by atoms with Gasteiger partial charge in [0.15, 0.2) is 0 Å². The number of halogens is 1. The van der Waals surface area contributed by atoms with Gasteiger partial charge in [-0.3, -0.25) is 0 Å². The lowest BCUT2D eigenvalue weighted by atomic mass is 10.1. The van der Waals surface area contributed by atoms with Gasteiger partial charge in [0.05, 0.1) is 6.17 Å². The van der Waals surface area contributed by atoms with Crippen LogP contribution < -0.4 is 0 Å². The van der Waals surface area contributed by atoms with Crippen LogP contribution in [-0.2, 0) is 0 Å². The molecule has 0 unspecified atom stereocenters. The summed E-state index contributed by atoms with van der Waals surface area (Å²) in [4.78, 5) is 0. The fourth-order valence-electron chi connectivity index (χ4n) is 1.26. The van der Waals surface area contributed by atoms with Gasteiger partial charge in [0.25, 0.3) is 0 Å². The average molecular weight is 248 g/mol. The summed E-state index contributed by atoms with van der Waals surface area (Å²) in [7, 11) is 0. The Kier molecular flexibility index (Phi) is 7.98. The Hall–Kier alpha value is -1.41. The van der Waals surface area contributed by atoms with Gasteiger partial charge in [0, 0.05) is 0 Å². The van der Waals surface area contributed by atoms with E-state index in [9.17, 15) is 4.39 Å². The van der Waals surface area contributed by atoms with Crippen LogP contribution in [0.15, 0.2) is 60.7 Å². The van der Waals surface area contributed by atoms with E-state index in [0.717, 1.165) is 0 Å². The molecule has 0 aliphatic heterocycles. The molecule has 92 valence electrons. The zero-order valence-corrected chi connectivity index (χ0v) is 9.73. The summed E-state index contributed by atoms with van der Waals surface area (Å²) in [6.45, 7) is 3.00. The van der Waals surface area contributed by atoms with Crippen molar-refractivity contribution in [3.8, 4) is 11.1 Å². The van der Waals surface area contributed by atoms with Crippen LogP contribution >= 0.6 is 0 Å². The second-order valence-corrected chi connectivity index (χ2v) is 3.75. The van der Waals surface area contributed by atoms with Gasteiger partial charge >= 0.3 is 0 Å². The zero-order chi connectivity index (χ0) is 11.8. The van der Waals surface area contributed by atoms with Crippen LogP contribution in [0.1, 0.15) is 13.8 Å². The maximum absolute atomic E-state index is 11.0. The molecule has 0 saturated carbocycles. The minimum Gasteiger partial charge on any atom is -0.248 e. The molecule has 0 atom stereocenters. The second-order valence-electron chi connectivity index (χ2n) is 3.75. The summed E-state index contributed by atoms with van der Waals surface area (Å²) in [5.74, 6) is 0. The first kappa shape index (κ1) is 15.6. The highest BCUT2D eigenvalue weighted by Gasteiger charge is 1.91. The van der Waals surface area contributed by atoms with E-state index in [0.29, 0.717) is 0 Å². The van der Waals surface area contributed by atoms with Crippen LogP contribution in [0.25, 0.3) is 11.1 Å². The van der Waals surface area contributed by atoms with Crippen molar-refractivity contribution in [3.63, 3.8) is 0 Å². The van der Waals surface area contributed by atoms with Crippen molar-refractivity contribution < 1.29 is 4.39 Å². The minimum atomic E-state index is -0.667. The molecule has 0 radical (unpaired) electrons. The number of rotatable bonds is 1.